The lowest BCUT2D eigenvalue weighted by atomic mass is 9.84. The third-order valence-electron chi connectivity index (χ3n) is 4.21. The van der Waals surface area contributed by atoms with E-state index in [0.717, 1.165) is 0 Å². The molecule has 2 unspecified atom stereocenters. The van der Waals surface area contributed by atoms with E-state index in [2.05, 4.69) is 5.16 Å². The van der Waals surface area contributed by atoms with Gasteiger partial charge in [0.1, 0.15) is 5.41 Å². The Bertz CT molecular complexity index is 423. The molecule has 0 spiro atoms. The van der Waals surface area contributed by atoms with Crippen LogP contribution in [0.1, 0.15) is 33.6 Å². The number of amides is 2. The van der Waals surface area contributed by atoms with Crippen molar-refractivity contribution in [1.29, 1.82) is 0 Å². The summed E-state index contributed by atoms with van der Waals surface area (Å²) in [6.07, 6.45) is 0.940. The summed E-state index contributed by atoms with van der Waals surface area (Å²) in [6.45, 7) is 5.89. The SMILES string of the molecule is CCC(C)(C(=O)N1CCC(C)(C(N)=O)C1)C(N)=NO. The zero-order chi connectivity index (χ0) is 14.8. The van der Waals surface area contributed by atoms with E-state index in [1.807, 2.05) is 0 Å². The van der Waals surface area contributed by atoms with Crippen LogP contribution in [0.4, 0.5) is 0 Å². The van der Waals surface area contributed by atoms with Gasteiger partial charge < -0.3 is 21.6 Å². The van der Waals surface area contributed by atoms with Crippen molar-refractivity contribution in [2.24, 2.45) is 27.5 Å². The van der Waals surface area contributed by atoms with Crippen LogP contribution in [0, 0.1) is 10.8 Å². The van der Waals surface area contributed by atoms with E-state index in [1.54, 1.807) is 25.7 Å². The standard InChI is InChI=1S/C12H22N4O3/c1-4-12(3,8(13)15-19)10(18)16-6-5-11(2,7-16)9(14)17/h19H,4-7H2,1-3H3,(H2,13,15)(H2,14,17). The molecule has 7 heteroatoms. The molecule has 0 bridgehead atoms. The predicted molar refractivity (Wildman–Crippen MR) is 70.3 cm³/mol. The Balaban J connectivity index is 2.94. The molecule has 0 aliphatic carbocycles. The maximum absolute atomic E-state index is 12.5. The molecule has 0 aromatic heterocycles. The molecule has 7 nitrogen and oxygen atoms in total. The summed E-state index contributed by atoms with van der Waals surface area (Å²) in [5.74, 6) is -0.771. The first-order chi connectivity index (χ1) is 8.71. The second-order valence-electron chi connectivity index (χ2n) is 5.57. The molecular formula is C12H22N4O3. The average Bonchev–Trinajstić information content (AvgIpc) is 2.79. The molecule has 0 aromatic carbocycles. The number of carbonyl (C=O) groups is 2. The number of carbonyl (C=O) groups excluding carboxylic acids is 2. The van der Waals surface area contributed by atoms with Crippen LogP contribution in [0.3, 0.4) is 0 Å². The van der Waals surface area contributed by atoms with Gasteiger partial charge in [-0.05, 0) is 26.7 Å². The molecule has 0 saturated carbocycles. The van der Waals surface area contributed by atoms with E-state index < -0.39 is 16.7 Å². The van der Waals surface area contributed by atoms with Crippen LogP contribution in [0.25, 0.3) is 0 Å². The third-order valence-corrected chi connectivity index (χ3v) is 4.21. The number of hydrogen-bond acceptors (Lipinski definition) is 4. The zero-order valence-electron chi connectivity index (χ0n) is 11.6. The minimum Gasteiger partial charge on any atom is -0.409 e. The highest BCUT2D eigenvalue weighted by Gasteiger charge is 2.46. The zero-order valence-corrected chi connectivity index (χ0v) is 11.6. The molecule has 19 heavy (non-hydrogen) atoms. The summed E-state index contributed by atoms with van der Waals surface area (Å²) in [6, 6.07) is 0. The normalized spacial score (nSPS) is 27.1. The van der Waals surface area contributed by atoms with Crippen LogP contribution in [0.15, 0.2) is 5.16 Å². The molecule has 1 aliphatic rings. The fraction of sp³-hybridized carbons (Fsp3) is 0.750. The first-order valence-corrected chi connectivity index (χ1v) is 6.28. The first-order valence-electron chi connectivity index (χ1n) is 6.28. The van der Waals surface area contributed by atoms with Crippen molar-refractivity contribution in [2.75, 3.05) is 13.1 Å². The Morgan fingerprint density at radius 2 is 2.05 bits per heavy atom. The minimum absolute atomic E-state index is 0.118. The van der Waals surface area contributed by atoms with Crippen LogP contribution in [-0.2, 0) is 9.59 Å². The second kappa shape index (κ2) is 5.07. The van der Waals surface area contributed by atoms with Gasteiger partial charge in [-0.25, -0.2) is 0 Å². The number of oxime groups is 1. The molecule has 2 atom stereocenters. The molecule has 1 heterocycles. The molecule has 2 amide bonds. The number of rotatable bonds is 4. The van der Waals surface area contributed by atoms with Gasteiger partial charge in [0.2, 0.25) is 11.8 Å². The summed E-state index contributed by atoms with van der Waals surface area (Å²) >= 11 is 0. The molecule has 0 radical (unpaired) electrons. The Hall–Kier alpha value is -1.79. The predicted octanol–water partition coefficient (Wildman–Crippen LogP) is -0.127. The van der Waals surface area contributed by atoms with E-state index in [0.29, 0.717) is 19.4 Å². The summed E-state index contributed by atoms with van der Waals surface area (Å²) < 4.78 is 0. The lowest BCUT2D eigenvalue weighted by Crippen LogP contribution is -2.49. The highest BCUT2D eigenvalue weighted by molar-refractivity contribution is 6.06. The van der Waals surface area contributed by atoms with Crippen molar-refractivity contribution in [1.82, 2.24) is 4.90 Å². The molecule has 1 saturated heterocycles. The molecule has 1 aliphatic heterocycles. The fourth-order valence-corrected chi connectivity index (χ4v) is 2.24. The van der Waals surface area contributed by atoms with E-state index in [1.165, 1.54) is 0 Å². The summed E-state index contributed by atoms with van der Waals surface area (Å²) in [4.78, 5) is 25.5. The maximum Gasteiger partial charge on any atom is 0.236 e. The van der Waals surface area contributed by atoms with E-state index in [-0.39, 0.29) is 18.3 Å². The number of amidine groups is 1. The first kappa shape index (κ1) is 15.3. The van der Waals surface area contributed by atoms with Gasteiger partial charge in [0.15, 0.2) is 5.84 Å². The van der Waals surface area contributed by atoms with E-state index >= 15 is 0 Å². The second-order valence-corrected chi connectivity index (χ2v) is 5.57. The topological polar surface area (TPSA) is 122 Å². The minimum atomic E-state index is -1.06. The third kappa shape index (κ3) is 2.50. The van der Waals surface area contributed by atoms with Crippen molar-refractivity contribution in [2.45, 2.75) is 33.6 Å². The van der Waals surface area contributed by atoms with Crippen LogP contribution in [-0.4, -0.2) is 40.8 Å². The number of nitrogens with two attached hydrogens (primary N) is 2. The smallest absolute Gasteiger partial charge is 0.236 e. The number of nitrogens with zero attached hydrogens (tertiary/aromatic N) is 2. The van der Waals surface area contributed by atoms with E-state index in [4.69, 9.17) is 16.7 Å². The molecule has 0 aromatic rings. The van der Waals surface area contributed by atoms with Gasteiger partial charge in [0, 0.05) is 13.1 Å². The summed E-state index contributed by atoms with van der Waals surface area (Å²) in [7, 11) is 0. The maximum atomic E-state index is 12.5. The number of hydrogen-bond donors (Lipinski definition) is 3. The van der Waals surface area contributed by atoms with Crippen molar-refractivity contribution in [3.05, 3.63) is 0 Å². The van der Waals surface area contributed by atoms with Gasteiger partial charge in [-0.3, -0.25) is 9.59 Å². The van der Waals surface area contributed by atoms with E-state index in [9.17, 15) is 9.59 Å². The molecule has 108 valence electrons. The average molecular weight is 270 g/mol. The molecule has 5 N–H and O–H groups in total. The van der Waals surface area contributed by atoms with Crippen LogP contribution < -0.4 is 11.5 Å². The lowest BCUT2D eigenvalue weighted by Gasteiger charge is -2.31. The van der Waals surface area contributed by atoms with Gasteiger partial charge in [-0.15, -0.1) is 0 Å². The highest BCUT2D eigenvalue weighted by atomic mass is 16.4. The Labute approximate surface area is 112 Å². The Morgan fingerprint density at radius 3 is 2.42 bits per heavy atom. The number of likely N-dealkylation sites (tertiary alicyclic amines) is 1. The molecule has 1 rings (SSSR count). The largest absolute Gasteiger partial charge is 0.409 e. The quantitative estimate of drug-likeness (QED) is 0.285. The van der Waals surface area contributed by atoms with Crippen molar-refractivity contribution in [3.8, 4) is 0 Å². The van der Waals surface area contributed by atoms with Crippen molar-refractivity contribution >= 4 is 17.6 Å². The van der Waals surface area contributed by atoms with Crippen LogP contribution >= 0.6 is 0 Å². The molecule has 1 fully saturated rings. The van der Waals surface area contributed by atoms with Crippen molar-refractivity contribution in [3.63, 3.8) is 0 Å². The number of primary amides is 1. The van der Waals surface area contributed by atoms with Gasteiger partial charge in [0.05, 0.1) is 5.41 Å². The Morgan fingerprint density at radius 1 is 1.47 bits per heavy atom. The lowest BCUT2D eigenvalue weighted by molar-refractivity contribution is -0.137. The van der Waals surface area contributed by atoms with Gasteiger partial charge in [0.25, 0.3) is 0 Å². The summed E-state index contributed by atoms with van der Waals surface area (Å²) in [5.41, 5.74) is 9.22. The van der Waals surface area contributed by atoms with Gasteiger partial charge >= 0.3 is 0 Å². The van der Waals surface area contributed by atoms with Crippen LogP contribution in [0.5, 0.6) is 0 Å². The van der Waals surface area contributed by atoms with Gasteiger partial charge in [-0.1, -0.05) is 12.1 Å². The Kier molecular flexibility index (Phi) is 4.07. The summed E-state index contributed by atoms with van der Waals surface area (Å²) in [5, 5.41) is 11.8. The monoisotopic (exact) mass is 270 g/mol. The van der Waals surface area contributed by atoms with Crippen LogP contribution in [0.2, 0.25) is 0 Å². The fourth-order valence-electron chi connectivity index (χ4n) is 2.24. The highest BCUT2D eigenvalue weighted by Crippen LogP contribution is 2.33. The van der Waals surface area contributed by atoms with Gasteiger partial charge in [-0.2, -0.15) is 0 Å². The molecular weight excluding hydrogens is 248 g/mol. The van der Waals surface area contributed by atoms with Crippen molar-refractivity contribution < 1.29 is 14.8 Å².